The zero-order chi connectivity index (χ0) is 21.1. The highest BCUT2D eigenvalue weighted by atomic mass is 16.2. The second-order valence-electron chi connectivity index (χ2n) is 9.14. The van der Waals surface area contributed by atoms with Gasteiger partial charge in [-0.2, -0.15) is 0 Å². The maximum absolute atomic E-state index is 13.0. The molecule has 1 aromatic carbocycles. The van der Waals surface area contributed by atoms with Crippen molar-refractivity contribution in [3.8, 4) is 0 Å². The van der Waals surface area contributed by atoms with Gasteiger partial charge in [0, 0.05) is 6.54 Å². The molecule has 3 amide bonds. The van der Waals surface area contributed by atoms with Gasteiger partial charge in [0.1, 0.15) is 0 Å². The molecule has 3 aliphatic heterocycles. The Labute approximate surface area is 178 Å². The molecule has 0 radical (unpaired) electrons. The summed E-state index contributed by atoms with van der Waals surface area (Å²) < 4.78 is 0. The third kappa shape index (κ3) is 4.01. The number of rotatable bonds is 6. The molecule has 1 aromatic rings. The van der Waals surface area contributed by atoms with Crippen molar-refractivity contribution in [2.45, 2.75) is 56.5 Å². The van der Waals surface area contributed by atoms with Crippen molar-refractivity contribution >= 4 is 17.7 Å². The molecule has 0 aromatic heterocycles. The fourth-order valence-corrected chi connectivity index (χ4v) is 5.70. The standard InChI is InChI=1S/C23H32N4O3/c24-22(30)23(26-12-5-2-6-13-26)10-15-25(16-11-23)19-17-20(28)27(21(19)29)14-9-18-7-3-1-4-8-18/h1,3-4,7-8,19H,2,5-6,9-17H2,(H2,24,30)/p+2/t19-/m0/s1. The average molecular weight is 415 g/mol. The second kappa shape index (κ2) is 8.86. The molecule has 0 bridgehead atoms. The average Bonchev–Trinajstić information content (AvgIpc) is 3.07. The van der Waals surface area contributed by atoms with Crippen molar-refractivity contribution in [3.05, 3.63) is 35.9 Å². The number of benzene rings is 1. The molecule has 0 unspecified atom stereocenters. The monoisotopic (exact) mass is 414 g/mol. The Morgan fingerprint density at radius 3 is 2.33 bits per heavy atom. The SMILES string of the molecule is NC(=O)C1([NH+]2CCCCC2)CC[NH+]([C@H]2CC(=O)N(CCc3ccccc3)C2=O)CC1. The van der Waals surface area contributed by atoms with Crippen LogP contribution in [0.5, 0.6) is 0 Å². The van der Waals surface area contributed by atoms with Crippen LogP contribution in [0.2, 0.25) is 0 Å². The molecular weight excluding hydrogens is 380 g/mol. The van der Waals surface area contributed by atoms with Crippen molar-refractivity contribution in [2.75, 3.05) is 32.7 Å². The van der Waals surface area contributed by atoms with Crippen LogP contribution in [-0.2, 0) is 20.8 Å². The molecule has 0 aliphatic carbocycles. The molecular formula is C23H34N4O3+2. The van der Waals surface area contributed by atoms with Crippen LogP contribution in [0.25, 0.3) is 0 Å². The number of carbonyl (C=O) groups is 3. The minimum atomic E-state index is -0.497. The van der Waals surface area contributed by atoms with Crippen LogP contribution in [-0.4, -0.2) is 66.9 Å². The first-order chi connectivity index (χ1) is 14.5. The summed E-state index contributed by atoms with van der Waals surface area (Å²) in [5.74, 6) is -0.318. The molecule has 4 rings (SSSR count). The van der Waals surface area contributed by atoms with Crippen LogP contribution in [0.4, 0.5) is 0 Å². The van der Waals surface area contributed by atoms with Gasteiger partial charge in [-0.3, -0.25) is 19.3 Å². The molecule has 3 heterocycles. The highest BCUT2D eigenvalue weighted by Crippen LogP contribution is 2.18. The Morgan fingerprint density at radius 2 is 1.70 bits per heavy atom. The number of quaternary nitrogens is 2. The number of piperidine rings is 2. The number of nitrogens with two attached hydrogens (primary N) is 1. The molecule has 7 heteroatoms. The molecule has 0 saturated carbocycles. The summed E-state index contributed by atoms with van der Waals surface area (Å²) in [5, 5.41) is 0. The molecule has 0 spiro atoms. The van der Waals surface area contributed by atoms with Crippen molar-refractivity contribution in [2.24, 2.45) is 5.73 Å². The number of nitrogens with one attached hydrogen (secondary N) is 2. The van der Waals surface area contributed by atoms with E-state index < -0.39 is 5.54 Å². The van der Waals surface area contributed by atoms with E-state index in [4.69, 9.17) is 5.73 Å². The number of hydrogen-bond donors (Lipinski definition) is 3. The van der Waals surface area contributed by atoms with Crippen molar-refractivity contribution in [1.29, 1.82) is 0 Å². The lowest BCUT2D eigenvalue weighted by molar-refractivity contribution is -0.978. The topological polar surface area (TPSA) is 89.3 Å². The number of imide groups is 1. The summed E-state index contributed by atoms with van der Waals surface area (Å²) in [6.45, 7) is 3.90. The quantitative estimate of drug-likeness (QED) is 0.486. The lowest BCUT2D eigenvalue weighted by Crippen LogP contribution is -3.27. The van der Waals surface area contributed by atoms with Crippen LogP contribution in [0.3, 0.4) is 0 Å². The Balaban J connectivity index is 1.37. The van der Waals surface area contributed by atoms with Crippen LogP contribution in [0.15, 0.2) is 30.3 Å². The first-order valence-corrected chi connectivity index (χ1v) is 11.4. The lowest BCUT2D eigenvalue weighted by atomic mass is 9.83. The van der Waals surface area contributed by atoms with Crippen molar-refractivity contribution in [3.63, 3.8) is 0 Å². The van der Waals surface area contributed by atoms with E-state index in [-0.39, 0.29) is 30.2 Å². The van der Waals surface area contributed by atoms with E-state index in [1.807, 2.05) is 30.3 Å². The summed E-state index contributed by atoms with van der Waals surface area (Å²) in [7, 11) is 0. The van der Waals surface area contributed by atoms with Gasteiger partial charge in [-0.1, -0.05) is 30.3 Å². The summed E-state index contributed by atoms with van der Waals surface area (Å²) in [6, 6.07) is 9.63. The van der Waals surface area contributed by atoms with Crippen LogP contribution in [0.1, 0.15) is 44.1 Å². The van der Waals surface area contributed by atoms with Gasteiger partial charge in [0.15, 0.2) is 11.6 Å². The van der Waals surface area contributed by atoms with E-state index in [0.29, 0.717) is 25.8 Å². The zero-order valence-corrected chi connectivity index (χ0v) is 17.7. The Bertz CT molecular complexity index is 783. The highest BCUT2D eigenvalue weighted by Gasteiger charge is 2.54. The number of nitrogens with zero attached hydrogens (tertiary/aromatic N) is 1. The van der Waals surface area contributed by atoms with E-state index in [1.165, 1.54) is 16.2 Å². The first-order valence-electron chi connectivity index (χ1n) is 11.4. The van der Waals surface area contributed by atoms with Gasteiger partial charge in [0.25, 0.3) is 11.8 Å². The highest BCUT2D eigenvalue weighted by molar-refractivity contribution is 6.04. The largest absolute Gasteiger partial charge is 0.364 e. The fraction of sp³-hybridized carbons (Fsp3) is 0.609. The van der Waals surface area contributed by atoms with Gasteiger partial charge in [0.05, 0.1) is 45.4 Å². The summed E-state index contributed by atoms with van der Waals surface area (Å²) in [4.78, 5) is 41.9. The van der Waals surface area contributed by atoms with E-state index in [2.05, 4.69) is 0 Å². The normalized spacial score (nSPS) is 30.6. The van der Waals surface area contributed by atoms with E-state index >= 15 is 0 Å². The molecule has 4 N–H and O–H groups in total. The van der Waals surface area contributed by atoms with Gasteiger partial charge >= 0.3 is 0 Å². The predicted molar refractivity (Wildman–Crippen MR) is 112 cm³/mol. The second-order valence-corrected chi connectivity index (χ2v) is 9.14. The third-order valence-corrected chi connectivity index (χ3v) is 7.55. The van der Waals surface area contributed by atoms with Gasteiger partial charge in [0.2, 0.25) is 5.91 Å². The maximum atomic E-state index is 13.0. The van der Waals surface area contributed by atoms with E-state index in [0.717, 1.165) is 49.5 Å². The van der Waals surface area contributed by atoms with Gasteiger partial charge in [-0.25, -0.2) is 0 Å². The first kappa shape index (κ1) is 21.0. The predicted octanol–water partition coefficient (Wildman–Crippen LogP) is -1.67. The lowest BCUT2D eigenvalue weighted by Gasteiger charge is -2.44. The number of primary amides is 1. The molecule has 7 nitrogen and oxygen atoms in total. The maximum Gasteiger partial charge on any atom is 0.288 e. The van der Waals surface area contributed by atoms with Crippen molar-refractivity contribution < 1.29 is 24.2 Å². The van der Waals surface area contributed by atoms with E-state index in [9.17, 15) is 14.4 Å². The number of likely N-dealkylation sites (tertiary alicyclic amines) is 3. The molecule has 3 aliphatic rings. The fourth-order valence-electron chi connectivity index (χ4n) is 5.70. The molecule has 162 valence electrons. The molecule has 3 saturated heterocycles. The van der Waals surface area contributed by atoms with Crippen LogP contribution < -0.4 is 15.5 Å². The molecule has 3 fully saturated rings. The van der Waals surface area contributed by atoms with Gasteiger partial charge < -0.3 is 15.5 Å². The molecule has 30 heavy (non-hydrogen) atoms. The minimum absolute atomic E-state index is 0.0529. The summed E-state index contributed by atoms with van der Waals surface area (Å²) in [5.41, 5.74) is 6.53. The molecule has 1 atom stereocenters. The van der Waals surface area contributed by atoms with Gasteiger partial charge in [-0.05, 0) is 31.2 Å². The number of amides is 3. The summed E-state index contributed by atoms with van der Waals surface area (Å²) in [6.07, 6.45) is 5.89. The zero-order valence-electron chi connectivity index (χ0n) is 17.7. The number of carbonyl (C=O) groups excluding carboxylic acids is 3. The smallest absolute Gasteiger partial charge is 0.288 e. The van der Waals surface area contributed by atoms with Crippen molar-refractivity contribution in [1.82, 2.24) is 4.90 Å². The van der Waals surface area contributed by atoms with Crippen LogP contribution in [0, 0.1) is 0 Å². The summed E-state index contributed by atoms with van der Waals surface area (Å²) >= 11 is 0. The Morgan fingerprint density at radius 1 is 1.03 bits per heavy atom. The Hall–Kier alpha value is -2.25. The minimum Gasteiger partial charge on any atom is -0.364 e. The number of hydrogen-bond acceptors (Lipinski definition) is 3. The third-order valence-electron chi connectivity index (χ3n) is 7.55. The van der Waals surface area contributed by atoms with Gasteiger partial charge in [-0.15, -0.1) is 0 Å². The van der Waals surface area contributed by atoms with Crippen LogP contribution >= 0.6 is 0 Å². The van der Waals surface area contributed by atoms with E-state index in [1.54, 1.807) is 0 Å². The Kier molecular flexibility index (Phi) is 6.20.